The number of halogens is 1. The summed E-state index contributed by atoms with van der Waals surface area (Å²) in [5.74, 6) is -0.474. The molecule has 3 aromatic rings. The third kappa shape index (κ3) is 4.12. The number of anilines is 1. The van der Waals surface area contributed by atoms with Gasteiger partial charge in [-0.05, 0) is 71.6 Å². The standard InChI is InChI=1S/C25H23FN2O4S/c26-22-6-8-23(9-7-22)33(30,31)28-12-11-21-17-20(5-10-24(21)28)18-1-3-19(4-2-18)25(29)27-13-15-32-16-14-27/h1-10,17H,11-16H2. The van der Waals surface area contributed by atoms with Crippen molar-refractivity contribution in [2.45, 2.75) is 11.3 Å². The SMILES string of the molecule is O=C(c1ccc(-c2ccc3c(c2)CCN3S(=O)(=O)c2ccc(F)cc2)cc1)N1CCOCC1. The van der Waals surface area contributed by atoms with Gasteiger partial charge in [0, 0.05) is 25.2 Å². The Hall–Kier alpha value is -3.23. The second kappa shape index (κ2) is 8.61. The van der Waals surface area contributed by atoms with E-state index >= 15 is 0 Å². The molecule has 0 bridgehead atoms. The van der Waals surface area contributed by atoms with Gasteiger partial charge in [-0.2, -0.15) is 0 Å². The number of carbonyl (C=O) groups is 1. The minimum Gasteiger partial charge on any atom is -0.378 e. The lowest BCUT2D eigenvalue weighted by Crippen LogP contribution is -2.40. The largest absolute Gasteiger partial charge is 0.378 e. The Balaban J connectivity index is 1.37. The fraction of sp³-hybridized carbons (Fsp3) is 0.240. The Morgan fingerprint density at radius 2 is 1.52 bits per heavy atom. The van der Waals surface area contributed by atoms with Crippen LogP contribution in [0.4, 0.5) is 10.1 Å². The van der Waals surface area contributed by atoms with Gasteiger partial charge in [-0.1, -0.05) is 18.2 Å². The van der Waals surface area contributed by atoms with Crippen LogP contribution in [0.3, 0.4) is 0 Å². The quantitative estimate of drug-likeness (QED) is 0.588. The number of sulfonamides is 1. The van der Waals surface area contributed by atoms with E-state index in [1.165, 1.54) is 16.4 Å². The lowest BCUT2D eigenvalue weighted by Gasteiger charge is -2.26. The number of ether oxygens (including phenoxy) is 1. The van der Waals surface area contributed by atoms with Gasteiger partial charge in [0.2, 0.25) is 0 Å². The summed E-state index contributed by atoms with van der Waals surface area (Å²) < 4.78 is 46.0. The van der Waals surface area contributed by atoms with Gasteiger partial charge in [0.1, 0.15) is 5.82 Å². The molecule has 2 aliphatic heterocycles. The van der Waals surface area contributed by atoms with E-state index in [0.717, 1.165) is 28.8 Å². The second-order valence-corrected chi connectivity index (χ2v) is 9.97. The highest BCUT2D eigenvalue weighted by atomic mass is 32.2. The Morgan fingerprint density at radius 3 is 2.21 bits per heavy atom. The Morgan fingerprint density at radius 1 is 0.848 bits per heavy atom. The molecule has 0 radical (unpaired) electrons. The van der Waals surface area contributed by atoms with E-state index in [9.17, 15) is 17.6 Å². The van der Waals surface area contributed by atoms with Crippen LogP contribution in [0.5, 0.6) is 0 Å². The van der Waals surface area contributed by atoms with Crippen molar-refractivity contribution >= 4 is 21.6 Å². The lowest BCUT2D eigenvalue weighted by atomic mass is 10.0. The molecule has 5 rings (SSSR count). The maximum absolute atomic E-state index is 13.2. The summed E-state index contributed by atoms with van der Waals surface area (Å²) >= 11 is 0. The predicted molar refractivity (Wildman–Crippen MR) is 123 cm³/mol. The highest BCUT2D eigenvalue weighted by Crippen LogP contribution is 2.36. The number of benzene rings is 3. The highest BCUT2D eigenvalue weighted by Gasteiger charge is 2.31. The average molecular weight is 467 g/mol. The van der Waals surface area contributed by atoms with Crippen LogP contribution in [-0.4, -0.2) is 52.1 Å². The van der Waals surface area contributed by atoms with Crippen molar-refractivity contribution in [1.29, 1.82) is 0 Å². The van der Waals surface area contributed by atoms with Crippen LogP contribution in [0.25, 0.3) is 11.1 Å². The number of fused-ring (bicyclic) bond motifs is 1. The van der Waals surface area contributed by atoms with E-state index in [1.807, 2.05) is 42.5 Å². The first-order chi connectivity index (χ1) is 15.9. The molecule has 6 nitrogen and oxygen atoms in total. The van der Waals surface area contributed by atoms with Crippen LogP contribution in [0.2, 0.25) is 0 Å². The van der Waals surface area contributed by atoms with E-state index in [1.54, 1.807) is 4.90 Å². The monoisotopic (exact) mass is 466 g/mol. The predicted octanol–water partition coefficient (Wildman–Crippen LogP) is 3.72. The Labute approximate surface area is 192 Å². The molecule has 0 saturated carbocycles. The van der Waals surface area contributed by atoms with E-state index < -0.39 is 15.8 Å². The number of hydrogen-bond acceptors (Lipinski definition) is 4. The van der Waals surface area contributed by atoms with Gasteiger partial charge in [-0.25, -0.2) is 12.8 Å². The normalized spacial score (nSPS) is 16.0. The third-order valence-corrected chi connectivity index (χ3v) is 7.92. The van der Waals surface area contributed by atoms with Crippen molar-refractivity contribution in [2.24, 2.45) is 0 Å². The second-order valence-electron chi connectivity index (χ2n) is 8.11. The number of morpholine rings is 1. The van der Waals surface area contributed by atoms with Crippen molar-refractivity contribution in [3.05, 3.63) is 83.7 Å². The van der Waals surface area contributed by atoms with Gasteiger partial charge in [0.25, 0.3) is 15.9 Å². The van der Waals surface area contributed by atoms with Gasteiger partial charge in [-0.15, -0.1) is 0 Å². The highest BCUT2D eigenvalue weighted by molar-refractivity contribution is 7.92. The van der Waals surface area contributed by atoms with Crippen LogP contribution in [0, 0.1) is 5.82 Å². The zero-order valence-electron chi connectivity index (χ0n) is 17.9. The molecule has 1 fully saturated rings. The van der Waals surface area contributed by atoms with Gasteiger partial charge in [0.05, 0.1) is 23.8 Å². The lowest BCUT2D eigenvalue weighted by molar-refractivity contribution is 0.0303. The van der Waals surface area contributed by atoms with Gasteiger partial charge in [-0.3, -0.25) is 9.10 Å². The summed E-state index contributed by atoms with van der Waals surface area (Å²) in [6.07, 6.45) is 0.594. The first-order valence-corrected chi connectivity index (χ1v) is 12.3. The van der Waals surface area contributed by atoms with Crippen LogP contribution in [-0.2, 0) is 21.2 Å². The number of hydrogen-bond donors (Lipinski definition) is 0. The van der Waals surface area contributed by atoms with Crippen molar-refractivity contribution in [2.75, 3.05) is 37.2 Å². The van der Waals surface area contributed by atoms with Crippen LogP contribution < -0.4 is 4.31 Å². The molecule has 0 spiro atoms. The van der Waals surface area contributed by atoms with Crippen LogP contribution >= 0.6 is 0 Å². The maximum Gasteiger partial charge on any atom is 0.264 e. The van der Waals surface area contributed by atoms with Crippen molar-refractivity contribution in [3.8, 4) is 11.1 Å². The fourth-order valence-corrected chi connectivity index (χ4v) is 5.79. The summed E-state index contributed by atoms with van der Waals surface area (Å²) in [7, 11) is -3.76. The molecule has 0 aliphatic carbocycles. The molecular formula is C25H23FN2O4S. The molecule has 2 aliphatic rings. The molecule has 1 saturated heterocycles. The van der Waals surface area contributed by atoms with Crippen molar-refractivity contribution in [1.82, 2.24) is 4.90 Å². The Kier molecular flexibility index (Phi) is 5.64. The van der Waals surface area contributed by atoms with E-state index in [2.05, 4.69) is 0 Å². The molecule has 8 heteroatoms. The van der Waals surface area contributed by atoms with Crippen LogP contribution in [0.15, 0.2) is 71.6 Å². The number of amides is 1. The zero-order valence-corrected chi connectivity index (χ0v) is 18.7. The summed E-state index contributed by atoms with van der Waals surface area (Å²) in [6.45, 7) is 2.66. The maximum atomic E-state index is 13.2. The van der Waals surface area contributed by atoms with Gasteiger partial charge < -0.3 is 9.64 Å². The molecule has 0 unspecified atom stereocenters. The molecular weight excluding hydrogens is 443 g/mol. The van der Waals surface area contributed by atoms with Crippen molar-refractivity contribution < 1.29 is 22.3 Å². The minimum absolute atomic E-state index is 0.000412. The van der Waals surface area contributed by atoms with Gasteiger partial charge >= 0.3 is 0 Å². The first-order valence-electron chi connectivity index (χ1n) is 10.8. The molecule has 0 aromatic heterocycles. The molecule has 0 N–H and O–H groups in total. The fourth-order valence-electron chi connectivity index (χ4n) is 4.29. The van der Waals surface area contributed by atoms with E-state index in [-0.39, 0.29) is 10.8 Å². The summed E-state index contributed by atoms with van der Waals surface area (Å²) in [6, 6.07) is 18.1. The smallest absolute Gasteiger partial charge is 0.264 e. The molecule has 3 aromatic carbocycles. The summed E-state index contributed by atoms with van der Waals surface area (Å²) in [5.41, 5.74) is 4.13. The molecule has 2 heterocycles. The third-order valence-electron chi connectivity index (χ3n) is 6.10. The molecule has 1 amide bonds. The van der Waals surface area contributed by atoms with E-state index in [0.29, 0.717) is 50.5 Å². The van der Waals surface area contributed by atoms with Gasteiger partial charge in [0.15, 0.2) is 0 Å². The van der Waals surface area contributed by atoms with Crippen molar-refractivity contribution in [3.63, 3.8) is 0 Å². The summed E-state index contributed by atoms with van der Waals surface area (Å²) in [4.78, 5) is 14.5. The minimum atomic E-state index is -3.76. The first kappa shape index (κ1) is 21.6. The molecule has 170 valence electrons. The Bertz CT molecular complexity index is 1280. The number of carbonyl (C=O) groups excluding carboxylic acids is 1. The average Bonchev–Trinajstić information content (AvgIpc) is 3.29. The zero-order chi connectivity index (χ0) is 23.0. The summed E-state index contributed by atoms with van der Waals surface area (Å²) in [5, 5.41) is 0. The molecule has 33 heavy (non-hydrogen) atoms. The van der Waals surface area contributed by atoms with E-state index in [4.69, 9.17) is 4.74 Å². The number of nitrogens with zero attached hydrogens (tertiary/aromatic N) is 2. The topological polar surface area (TPSA) is 66.9 Å². The number of rotatable bonds is 4. The molecule has 0 atom stereocenters. The van der Waals surface area contributed by atoms with Crippen LogP contribution in [0.1, 0.15) is 15.9 Å².